The van der Waals surface area contributed by atoms with Crippen molar-refractivity contribution in [1.82, 2.24) is 4.98 Å². The highest BCUT2D eigenvalue weighted by Crippen LogP contribution is 2.39. The molecule has 0 aromatic carbocycles. The van der Waals surface area contributed by atoms with Gasteiger partial charge in [-0.1, -0.05) is 0 Å². The number of nitrogens with two attached hydrogens (primary N) is 1. The molecule has 0 aliphatic carbocycles. The largest absolute Gasteiger partial charge is 0.466 e. The monoisotopic (exact) mass is 298 g/mol. The fourth-order valence-electron chi connectivity index (χ4n) is 1.55. The number of halogens is 5. The van der Waals surface area contributed by atoms with Crippen LogP contribution in [-0.4, -0.2) is 17.6 Å². The maximum Gasteiger partial charge on any atom is 0.420 e. The molecule has 0 bridgehead atoms. The summed E-state index contributed by atoms with van der Waals surface area (Å²) < 4.78 is 68.2. The van der Waals surface area contributed by atoms with Gasteiger partial charge in [0.2, 0.25) is 0 Å². The van der Waals surface area contributed by atoms with E-state index in [2.05, 4.69) is 9.72 Å². The van der Waals surface area contributed by atoms with Gasteiger partial charge in [0, 0.05) is 6.20 Å². The molecule has 0 atom stereocenters. The van der Waals surface area contributed by atoms with Crippen LogP contribution in [0.4, 0.5) is 27.6 Å². The molecule has 1 rings (SSSR count). The van der Waals surface area contributed by atoms with Gasteiger partial charge in [-0.3, -0.25) is 9.78 Å². The van der Waals surface area contributed by atoms with Crippen molar-refractivity contribution >= 4 is 11.7 Å². The lowest BCUT2D eigenvalue weighted by Gasteiger charge is -2.16. The SMILES string of the molecule is CCOC(=O)Cc1ncc(C(F)F)c(N)c1C(F)(F)F. The zero-order valence-electron chi connectivity index (χ0n) is 10.3. The molecule has 0 fully saturated rings. The van der Waals surface area contributed by atoms with E-state index in [-0.39, 0.29) is 6.61 Å². The second-order valence-corrected chi connectivity index (χ2v) is 3.73. The Morgan fingerprint density at radius 2 is 2.05 bits per heavy atom. The quantitative estimate of drug-likeness (QED) is 0.685. The number of aromatic nitrogens is 1. The Hall–Kier alpha value is -1.93. The van der Waals surface area contributed by atoms with Crippen molar-refractivity contribution in [2.75, 3.05) is 12.3 Å². The van der Waals surface area contributed by atoms with E-state index < -0.39 is 47.5 Å². The molecule has 2 N–H and O–H groups in total. The van der Waals surface area contributed by atoms with E-state index >= 15 is 0 Å². The Bertz CT molecular complexity index is 502. The van der Waals surface area contributed by atoms with E-state index in [9.17, 15) is 26.7 Å². The van der Waals surface area contributed by atoms with Gasteiger partial charge >= 0.3 is 12.1 Å². The zero-order valence-corrected chi connectivity index (χ0v) is 10.3. The summed E-state index contributed by atoms with van der Waals surface area (Å²) in [5, 5.41) is 0. The third-order valence-corrected chi connectivity index (χ3v) is 2.36. The Kier molecular flexibility index (Phi) is 4.85. The van der Waals surface area contributed by atoms with E-state index in [0.29, 0.717) is 6.20 Å². The lowest BCUT2D eigenvalue weighted by molar-refractivity contribution is -0.143. The van der Waals surface area contributed by atoms with Crippen LogP contribution in [0.15, 0.2) is 6.20 Å². The molecule has 20 heavy (non-hydrogen) atoms. The molecule has 112 valence electrons. The summed E-state index contributed by atoms with van der Waals surface area (Å²) in [5.41, 5.74) is 0.719. The predicted molar refractivity (Wildman–Crippen MR) is 58.9 cm³/mol. The van der Waals surface area contributed by atoms with Crippen LogP contribution in [0, 0.1) is 0 Å². The number of hydrogen-bond donors (Lipinski definition) is 1. The minimum absolute atomic E-state index is 0.0230. The van der Waals surface area contributed by atoms with Crippen LogP contribution in [0.5, 0.6) is 0 Å². The highest BCUT2D eigenvalue weighted by atomic mass is 19.4. The van der Waals surface area contributed by atoms with Crippen LogP contribution in [0.2, 0.25) is 0 Å². The van der Waals surface area contributed by atoms with Crippen LogP contribution < -0.4 is 5.73 Å². The van der Waals surface area contributed by atoms with E-state index in [1.165, 1.54) is 6.92 Å². The highest BCUT2D eigenvalue weighted by Gasteiger charge is 2.39. The molecule has 4 nitrogen and oxygen atoms in total. The Balaban J connectivity index is 3.31. The first kappa shape index (κ1) is 16.1. The number of alkyl halides is 5. The summed E-state index contributed by atoms with van der Waals surface area (Å²) in [6, 6.07) is 0. The van der Waals surface area contributed by atoms with Crippen molar-refractivity contribution in [2.45, 2.75) is 25.9 Å². The molecule has 0 unspecified atom stereocenters. The van der Waals surface area contributed by atoms with Gasteiger partial charge in [0.25, 0.3) is 6.43 Å². The van der Waals surface area contributed by atoms with Gasteiger partial charge in [-0.05, 0) is 6.92 Å². The average molecular weight is 298 g/mol. The summed E-state index contributed by atoms with van der Waals surface area (Å²) in [5.74, 6) is -0.949. The first-order chi connectivity index (χ1) is 9.18. The van der Waals surface area contributed by atoms with Crippen molar-refractivity contribution in [3.8, 4) is 0 Å². The summed E-state index contributed by atoms with van der Waals surface area (Å²) in [7, 11) is 0. The number of nitrogen functional groups attached to an aromatic ring is 1. The standard InChI is InChI=1S/C11H11F5N2O2/c1-2-20-7(19)3-6-8(11(14,15)16)9(17)5(4-18-6)10(12)13/h4,10H,2-3H2,1H3,(H2,17,18). The molecule has 1 aromatic rings. The molecule has 1 heterocycles. The lowest BCUT2D eigenvalue weighted by Crippen LogP contribution is -2.19. The second kappa shape index (κ2) is 6.02. The summed E-state index contributed by atoms with van der Waals surface area (Å²) in [4.78, 5) is 14.5. The second-order valence-electron chi connectivity index (χ2n) is 3.73. The van der Waals surface area contributed by atoms with E-state index in [1.807, 2.05) is 0 Å². The van der Waals surface area contributed by atoms with Crippen LogP contribution in [0.25, 0.3) is 0 Å². The van der Waals surface area contributed by atoms with Crippen LogP contribution in [0.1, 0.15) is 30.2 Å². The van der Waals surface area contributed by atoms with Crippen molar-refractivity contribution < 1.29 is 31.5 Å². The van der Waals surface area contributed by atoms with Gasteiger partial charge < -0.3 is 10.5 Å². The van der Waals surface area contributed by atoms with E-state index in [1.54, 1.807) is 0 Å². The maximum absolute atomic E-state index is 12.9. The smallest absolute Gasteiger partial charge is 0.420 e. The third-order valence-electron chi connectivity index (χ3n) is 2.36. The minimum atomic E-state index is -5.00. The predicted octanol–water partition coefficient (Wildman–Crippen LogP) is 2.73. The van der Waals surface area contributed by atoms with Gasteiger partial charge in [0.15, 0.2) is 0 Å². The topological polar surface area (TPSA) is 65.2 Å². The number of nitrogens with zero attached hydrogens (tertiary/aromatic N) is 1. The zero-order chi connectivity index (χ0) is 15.5. The van der Waals surface area contributed by atoms with Gasteiger partial charge in [-0.15, -0.1) is 0 Å². The fourth-order valence-corrected chi connectivity index (χ4v) is 1.55. The molecule has 0 saturated heterocycles. The minimum Gasteiger partial charge on any atom is -0.466 e. The average Bonchev–Trinajstić information content (AvgIpc) is 2.26. The molecule has 9 heteroatoms. The molecule has 0 radical (unpaired) electrons. The van der Waals surface area contributed by atoms with Crippen molar-refractivity contribution in [3.05, 3.63) is 23.0 Å². The summed E-state index contributed by atoms with van der Waals surface area (Å²) in [6.45, 7) is 1.45. The lowest BCUT2D eigenvalue weighted by atomic mass is 10.0. The number of anilines is 1. The molecule has 0 aliphatic heterocycles. The third kappa shape index (κ3) is 3.55. The Morgan fingerprint density at radius 1 is 1.45 bits per heavy atom. The number of hydrogen-bond acceptors (Lipinski definition) is 4. The molecular formula is C11H11F5N2O2. The Labute approximate surface area is 110 Å². The number of ether oxygens (including phenoxy) is 1. The van der Waals surface area contributed by atoms with E-state index in [4.69, 9.17) is 5.73 Å². The van der Waals surface area contributed by atoms with Gasteiger partial charge in [0.05, 0.1) is 30.0 Å². The number of rotatable bonds is 4. The molecule has 0 amide bonds. The molecule has 0 aliphatic rings. The molecular weight excluding hydrogens is 287 g/mol. The molecule has 1 aromatic heterocycles. The highest BCUT2D eigenvalue weighted by molar-refractivity contribution is 5.73. The fraction of sp³-hybridized carbons (Fsp3) is 0.455. The van der Waals surface area contributed by atoms with Crippen LogP contribution in [0.3, 0.4) is 0 Å². The van der Waals surface area contributed by atoms with Crippen molar-refractivity contribution in [3.63, 3.8) is 0 Å². The Morgan fingerprint density at radius 3 is 2.50 bits per heavy atom. The maximum atomic E-state index is 12.9. The molecule has 0 spiro atoms. The first-order valence-corrected chi connectivity index (χ1v) is 5.46. The number of carbonyl (C=O) groups is 1. The number of carbonyl (C=O) groups excluding carboxylic acids is 1. The van der Waals surface area contributed by atoms with Crippen molar-refractivity contribution in [1.29, 1.82) is 0 Å². The van der Waals surface area contributed by atoms with Gasteiger partial charge in [0.1, 0.15) is 5.56 Å². The summed E-state index contributed by atoms with van der Waals surface area (Å²) >= 11 is 0. The number of esters is 1. The number of pyridine rings is 1. The van der Waals surface area contributed by atoms with Gasteiger partial charge in [-0.2, -0.15) is 13.2 Å². The molecule has 0 saturated carbocycles. The van der Waals surface area contributed by atoms with Gasteiger partial charge in [-0.25, -0.2) is 8.78 Å². The summed E-state index contributed by atoms with van der Waals surface area (Å²) in [6.07, 6.45) is -8.45. The van der Waals surface area contributed by atoms with Crippen LogP contribution in [-0.2, 0) is 22.1 Å². The first-order valence-electron chi connectivity index (χ1n) is 5.46. The normalized spacial score (nSPS) is 11.8. The van der Waals surface area contributed by atoms with Crippen LogP contribution >= 0.6 is 0 Å². The van der Waals surface area contributed by atoms with Crippen molar-refractivity contribution in [2.24, 2.45) is 0 Å². The van der Waals surface area contributed by atoms with E-state index in [0.717, 1.165) is 0 Å².